The zero-order valence-electron chi connectivity index (χ0n) is 36.2. The molecule has 0 N–H and O–H groups in total. The normalized spacial score (nSPS) is 16.2. The molecule has 0 amide bonds. The molecule has 1 aromatic rings. The van der Waals surface area contributed by atoms with Gasteiger partial charge in [-0.3, -0.25) is 0 Å². The van der Waals surface area contributed by atoms with Crippen molar-refractivity contribution in [3.05, 3.63) is 16.6 Å². The van der Waals surface area contributed by atoms with Gasteiger partial charge in [0.1, 0.15) is 0 Å². The van der Waals surface area contributed by atoms with Crippen LogP contribution in [0.25, 0.3) is 0 Å². The Kier molecular flexibility index (Phi) is 25.5. The van der Waals surface area contributed by atoms with Crippen LogP contribution in [0.15, 0.2) is 10.9 Å². The van der Waals surface area contributed by atoms with Gasteiger partial charge in [-0.25, -0.2) is 4.98 Å². The van der Waals surface area contributed by atoms with Crippen LogP contribution in [0.5, 0.6) is 0 Å². The van der Waals surface area contributed by atoms with Crippen molar-refractivity contribution in [2.24, 2.45) is 33.0 Å². The largest absolute Gasteiger partial charge is 0.385 e. The number of hydrogen-bond donors (Lipinski definition) is 0. The lowest BCUT2D eigenvalue weighted by Crippen LogP contribution is -2.32. The maximum atomic E-state index is 4.92. The van der Waals surface area contributed by atoms with Gasteiger partial charge in [0.2, 0.25) is 0 Å². The number of methoxy groups -OCH3 is 1. The van der Waals surface area contributed by atoms with Gasteiger partial charge in [0.05, 0.1) is 11.2 Å². The van der Waals surface area contributed by atoms with Gasteiger partial charge in [0, 0.05) is 19.1 Å². The third kappa shape index (κ3) is 39.9. The molecule has 288 valence electrons. The van der Waals surface area contributed by atoms with Crippen molar-refractivity contribution in [3.8, 4) is 0 Å². The van der Waals surface area contributed by atoms with Crippen LogP contribution < -0.4 is 0 Å². The molecule has 1 saturated heterocycles. The van der Waals surface area contributed by atoms with E-state index in [1.165, 1.54) is 89.7 Å². The number of likely N-dealkylation sites (tertiary alicyclic amines) is 1. The maximum Gasteiger partial charge on any atom is 0.0794 e. The summed E-state index contributed by atoms with van der Waals surface area (Å²) in [7, 11) is 5.98. The highest BCUT2D eigenvalue weighted by Gasteiger charge is 2.23. The van der Waals surface area contributed by atoms with Gasteiger partial charge in [-0.15, -0.1) is 11.3 Å². The van der Waals surface area contributed by atoms with Crippen molar-refractivity contribution in [3.63, 3.8) is 0 Å². The Bertz CT molecular complexity index is 835. The number of ether oxygens (including phenoxy) is 1. The fourth-order valence-corrected chi connectivity index (χ4v) is 5.63. The average Bonchev–Trinajstić information content (AvgIpc) is 3.39. The van der Waals surface area contributed by atoms with E-state index in [-0.39, 0.29) is 0 Å². The smallest absolute Gasteiger partial charge is 0.0794 e. The Morgan fingerprint density at radius 2 is 1.23 bits per heavy atom. The van der Waals surface area contributed by atoms with Crippen LogP contribution in [-0.2, 0) is 11.2 Å². The fraction of sp³-hybridized carbons (Fsp3) is 0.930. The first-order valence-corrected chi connectivity index (χ1v) is 20.4. The van der Waals surface area contributed by atoms with Crippen molar-refractivity contribution in [1.29, 1.82) is 0 Å². The summed E-state index contributed by atoms with van der Waals surface area (Å²) >= 11 is 1.67. The standard InChI is InChI=1S/C11H23N.C9H18.C8H13NS.C8H19N.C7H16O/c1-11(2,3)7-10-12-8-5-4-6-9-12;1-9(2,3)7-8-5-4-6-8;1-8(2,3)4-7-5-10-6-9-7;1-8(2,3)6-7-9(4)5;1-7(2,3)5-6-8-4/h4-10H2,1-3H3;8H,4-7H2,1-3H3;5-6H,4H2,1-3H3;6-7H2,1-5H3;5-6H2,1-4H3. The van der Waals surface area contributed by atoms with Gasteiger partial charge in [0.25, 0.3) is 0 Å². The lowest BCUT2D eigenvalue weighted by atomic mass is 9.74. The summed E-state index contributed by atoms with van der Waals surface area (Å²) in [5.41, 5.74) is 5.48. The van der Waals surface area contributed by atoms with Crippen molar-refractivity contribution in [1.82, 2.24) is 14.8 Å². The van der Waals surface area contributed by atoms with Crippen molar-refractivity contribution in [2.45, 2.75) is 174 Å². The number of nitrogens with zero attached hydrogens (tertiary/aromatic N) is 3. The molecule has 1 aromatic heterocycles. The second kappa shape index (κ2) is 24.7. The molecule has 0 atom stereocenters. The molecule has 3 rings (SSSR count). The number of thiazole rings is 1. The van der Waals surface area contributed by atoms with E-state index in [1.807, 2.05) is 5.51 Å². The molecule has 0 spiro atoms. The van der Waals surface area contributed by atoms with Crippen LogP contribution >= 0.6 is 11.3 Å². The van der Waals surface area contributed by atoms with Gasteiger partial charge in [0.15, 0.2) is 0 Å². The average molecular weight is 696 g/mol. The summed E-state index contributed by atoms with van der Waals surface area (Å²) in [5, 5.41) is 2.12. The Morgan fingerprint density at radius 3 is 1.50 bits per heavy atom. The first-order valence-electron chi connectivity index (χ1n) is 19.4. The molecule has 2 aliphatic rings. The van der Waals surface area contributed by atoms with E-state index in [1.54, 1.807) is 18.4 Å². The van der Waals surface area contributed by atoms with Crippen LogP contribution in [0.1, 0.15) is 174 Å². The lowest BCUT2D eigenvalue weighted by molar-refractivity contribution is 0.159. The van der Waals surface area contributed by atoms with Crippen molar-refractivity contribution >= 4 is 11.3 Å². The van der Waals surface area contributed by atoms with E-state index in [0.29, 0.717) is 27.1 Å². The monoisotopic (exact) mass is 696 g/mol. The molecular weight excluding hydrogens is 607 g/mol. The SMILES string of the molecule is CC(C)(C)CC1CCC1.CC(C)(C)CCN1CCCCC1.CC(C)(C)Cc1cscn1.CN(C)CCC(C)(C)C.COCCC(C)(C)C. The van der Waals surface area contributed by atoms with Gasteiger partial charge < -0.3 is 14.5 Å². The van der Waals surface area contributed by atoms with E-state index in [0.717, 1.165) is 25.4 Å². The van der Waals surface area contributed by atoms with E-state index >= 15 is 0 Å². The van der Waals surface area contributed by atoms with Gasteiger partial charge in [-0.2, -0.15) is 0 Å². The molecule has 5 heteroatoms. The summed E-state index contributed by atoms with van der Waals surface area (Å²) in [6.45, 7) is 40.2. The predicted molar refractivity (Wildman–Crippen MR) is 220 cm³/mol. The Morgan fingerprint density at radius 1 is 0.708 bits per heavy atom. The second-order valence-corrected chi connectivity index (χ2v) is 21.6. The molecule has 0 bridgehead atoms. The Balaban J connectivity index is 0. The van der Waals surface area contributed by atoms with Crippen LogP contribution in [-0.4, -0.2) is 68.8 Å². The highest BCUT2D eigenvalue weighted by atomic mass is 32.1. The topological polar surface area (TPSA) is 28.6 Å². The predicted octanol–water partition coefficient (Wildman–Crippen LogP) is 12.9. The van der Waals surface area contributed by atoms with E-state index in [4.69, 9.17) is 4.74 Å². The summed E-state index contributed by atoms with van der Waals surface area (Å²) in [6.07, 6.45) is 15.1. The Labute approximate surface area is 308 Å². The minimum absolute atomic E-state index is 0.369. The number of hydrogen-bond acceptors (Lipinski definition) is 5. The van der Waals surface area contributed by atoms with Crippen LogP contribution in [0, 0.1) is 33.0 Å². The third-order valence-corrected chi connectivity index (χ3v) is 8.95. The summed E-state index contributed by atoms with van der Waals surface area (Å²) in [5.74, 6) is 1.07. The number of piperidine rings is 1. The second-order valence-electron chi connectivity index (χ2n) is 20.9. The minimum atomic E-state index is 0.369. The number of aromatic nitrogens is 1. The van der Waals surface area contributed by atoms with Gasteiger partial charge >= 0.3 is 0 Å². The molecule has 0 radical (unpaired) electrons. The Hall–Kier alpha value is -0.490. The van der Waals surface area contributed by atoms with Crippen molar-refractivity contribution in [2.75, 3.05) is 54.0 Å². The van der Waals surface area contributed by atoms with Gasteiger partial charge in [-0.1, -0.05) is 130 Å². The first kappa shape index (κ1) is 49.6. The quantitative estimate of drug-likeness (QED) is 0.271. The zero-order chi connectivity index (χ0) is 37.7. The summed E-state index contributed by atoms with van der Waals surface area (Å²) in [4.78, 5) is 9.07. The molecule has 0 aromatic carbocycles. The molecule has 2 fully saturated rings. The maximum absolute atomic E-state index is 4.92. The first-order chi connectivity index (χ1) is 21.7. The number of rotatable bonds is 8. The molecular formula is C43H89N3OS. The molecule has 1 aliphatic carbocycles. The van der Waals surface area contributed by atoms with Crippen LogP contribution in [0.2, 0.25) is 0 Å². The molecule has 48 heavy (non-hydrogen) atoms. The lowest BCUT2D eigenvalue weighted by Gasteiger charge is -2.31. The van der Waals surface area contributed by atoms with Gasteiger partial charge in [-0.05, 0) is 118 Å². The van der Waals surface area contributed by atoms with E-state index in [9.17, 15) is 0 Å². The molecule has 1 aliphatic heterocycles. The van der Waals surface area contributed by atoms with Crippen LogP contribution in [0.3, 0.4) is 0 Å². The molecule has 0 unspecified atom stereocenters. The zero-order valence-corrected chi connectivity index (χ0v) is 37.0. The summed E-state index contributed by atoms with van der Waals surface area (Å²) < 4.78 is 4.92. The van der Waals surface area contributed by atoms with Crippen molar-refractivity contribution < 1.29 is 4.74 Å². The summed E-state index contributed by atoms with van der Waals surface area (Å²) in [6, 6.07) is 0. The van der Waals surface area contributed by atoms with E-state index < -0.39 is 0 Å². The van der Waals surface area contributed by atoms with Crippen LogP contribution in [0.4, 0.5) is 0 Å². The minimum Gasteiger partial charge on any atom is -0.385 e. The molecule has 2 heterocycles. The highest BCUT2D eigenvalue weighted by Crippen LogP contribution is 2.36. The van der Waals surface area contributed by atoms with E-state index in [2.05, 4.69) is 138 Å². The molecule has 1 saturated carbocycles. The fourth-order valence-electron chi connectivity index (χ4n) is 5.07. The highest BCUT2D eigenvalue weighted by molar-refractivity contribution is 7.07. The third-order valence-electron chi connectivity index (χ3n) is 8.31. The molecule has 4 nitrogen and oxygen atoms in total.